The fourth-order valence-electron chi connectivity index (χ4n) is 4.57. The van der Waals surface area contributed by atoms with Gasteiger partial charge >= 0.3 is 0 Å². The molecule has 2 aliphatic rings. The minimum absolute atomic E-state index is 0.119. The lowest BCUT2D eigenvalue weighted by Gasteiger charge is -2.33. The van der Waals surface area contributed by atoms with Crippen LogP contribution in [0.2, 0.25) is 0 Å². The highest BCUT2D eigenvalue weighted by Crippen LogP contribution is 2.35. The zero-order valence-corrected chi connectivity index (χ0v) is 15.4. The number of nitrogens with zero attached hydrogens (tertiary/aromatic N) is 5. The number of hydrogen-bond donors (Lipinski definition) is 1. The molecular formula is C20H21FN6O. The molecule has 5 rings (SSSR count). The third kappa shape index (κ3) is 2.89. The summed E-state index contributed by atoms with van der Waals surface area (Å²) in [5, 5.41) is 0. The van der Waals surface area contributed by atoms with E-state index in [2.05, 4.69) is 24.8 Å². The summed E-state index contributed by atoms with van der Waals surface area (Å²) in [7, 11) is 0. The molecule has 0 spiro atoms. The van der Waals surface area contributed by atoms with Crippen LogP contribution in [0.25, 0.3) is 11.2 Å². The van der Waals surface area contributed by atoms with Crippen molar-refractivity contribution in [3.8, 4) is 0 Å². The SMILES string of the molecule is O=C1CCCC2C(CCN2c2ncnc3nc[nH]c23)N1Cc1ccc(F)cc1. The van der Waals surface area contributed by atoms with E-state index in [0.29, 0.717) is 18.6 Å². The van der Waals surface area contributed by atoms with Crippen molar-refractivity contribution < 1.29 is 9.18 Å². The molecule has 0 bridgehead atoms. The number of fused-ring (bicyclic) bond motifs is 2. The van der Waals surface area contributed by atoms with Crippen molar-refractivity contribution >= 4 is 22.9 Å². The Labute approximate surface area is 161 Å². The molecule has 0 aliphatic carbocycles. The second-order valence-corrected chi connectivity index (χ2v) is 7.46. The average Bonchev–Trinajstić information content (AvgIpc) is 3.31. The van der Waals surface area contributed by atoms with E-state index in [1.54, 1.807) is 24.8 Å². The van der Waals surface area contributed by atoms with Crippen molar-refractivity contribution in [2.75, 3.05) is 11.4 Å². The molecule has 2 aliphatic heterocycles. The highest BCUT2D eigenvalue weighted by atomic mass is 19.1. The van der Waals surface area contributed by atoms with Crippen LogP contribution in [0, 0.1) is 5.82 Å². The maximum Gasteiger partial charge on any atom is 0.223 e. The molecule has 0 radical (unpaired) electrons. The van der Waals surface area contributed by atoms with Gasteiger partial charge in [0.25, 0.3) is 0 Å². The smallest absolute Gasteiger partial charge is 0.223 e. The highest BCUT2D eigenvalue weighted by molar-refractivity contribution is 5.83. The number of aromatic amines is 1. The highest BCUT2D eigenvalue weighted by Gasteiger charge is 2.42. The number of imidazole rings is 1. The van der Waals surface area contributed by atoms with Gasteiger partial charge in [0.1, 0.15) is 17.7 Å². The van der Waals surface area contributed by atoms with E-state index in [1.807, 2.05) is 4.90 Å². The molecule has 4 heterocycles. The summed E-state index contributed by atoms with van der Waals surface area (Å²) in [6, 6.07) is 6.74. The van der Waals surface area contributed by atoms with Crippen LogP contribution in [0.1, 0.15) is 31.2 Å². The normalized spacial score (nSPS) is 22.5. The maximum atomic E-state index is 13.3. The molecule has 3 aromatic rings. The minimum Gasteiger partial charge on any atom is -0.350 e. The maximum absolute atomic E-state index is 13.3. The van der Waals surface area contributed by atoms with Crippen LogP contribution in [-0.4, -0.2) is 49.4 Å². The number of carbonyl (C=O) groups is 1. The minimum atomic E-state index is -0.261. The summed E-state index contributed by atoms with van der Waals surface area (Å²) in [6.07, 6.45) is 6.41. The van der Waals surface area contributed by atoms with Gasteiger partial charge in [-0.05, 0) is 37.0 Å². The van der Waals surface area contributed by atoms with E-state index >= 15 is 0 Å². The fourth-order valence-corrected chi connectivity index (χ4v) is 4.57. The number of carbonyl (C=O) groups excluding carboxylic acids is 1. The number of nitrogens with one attached hydrogen (secondary N) is 1. The third-order valence-corrected chi connectivity index (χ3v) is 5.86. The lowest BCUT2D eigenvalue weighted by atomic mass is 10.0. The number of H-pyrrole nitrogens is 1. The number of benzene rings is 1. The summed E-state index contributed by atoms with van der Waals surface area (Å²) in [6.45, 7) is 1.34. The molecule has 144 valence electrons. The van der Waals surface area contributed by atoms with Gasteiger partial charge in [-0.1, -0.05) is 12.1 Å². The Morgan fingerprint density at radius 2 is 1.96 bits per heavy atom. The summed E-state index contributed by atoms with van der Waals surface area (Å²) in [5.41, 5.74) is 2.44. The number of likely N-dealkylation sites (tertiary alicyclic amines) is 1. The Balaban J connectivity index is 1.46. The molecule has 7 nitrogen and oxygen atoms in total. The molecule has 2 fully saturated rings. The summed E-state index contributed by atoms with van der Waals surface area (Å²) < 4.78 is 13.3. The first-order valence-electron chi connectivity index (χ1n) is 9.65. The van der Waals surface area contributed by atoms with Gasteiger partial charge in [-0.25, -0.2) is 19.3 Å². The van der Waals surface area contributed by atoms with E-state index < -0.39 is 0 Å². The van der Waals surface area contributed by atoms with Gasteiger partial charge in [0.15, 0.2) is 11.5 Å². The molecule has 1 amide bonds. The fraction of sp³-hybridized carbons (Fsp3) is 0.400. The van der Waals surface area contributed by atoms with E-state index in [0.717, 1.165) is 42.7 Å². The van der Waals surface area contributed by atoms with Crippen molar-refractivity contribution in [1.29, 1.82) is 0 Å². The van der Waals surface area contributed by atoms with Gasteiger partial charge in [-0.2, -0.15) is 0 Å². The van der Waals surface area contributed by atoms with Crippen molar-refractivity contribution in [2.45, 2.75) is 44.3 Å². The van der Waals surface area contributed by atoms with Crippen molar-refractivity contribution in [1.82, 2.24) is 24.8 Å². The van der Waals surface area contributed by atoms with Crippen LogP contribution >= 0.6 is 0 Å². The quantitative estimate of drug-likeness (QED) is 0.756. The molecule has 2 saturated heterocycles. The number of halogens is 1. The predicted octanol–water partition coefficient (Wildman–Crippen LogP) is 2.65. The monoisotopic (exact) mass is 380 g/mol. The lowest BCUT2D eigenvalue weighted by Crippen LogP contribution is -2.45. The van der Waals surface area contributed by atoms with Crippen LogP contribution in [0.15, 0.2) is 36.9 Å². The summed E-state index contributed by atoms with van der Waals surface area (Å²) in [4.78, 5) is 33.2. The topological polar surface area (TPSA) is 78.0 Å². The van der Waals surface area contributed by atoms with Crippen molar-refractivity contribution in [3.05, 3.63) is 48.3 Å². The Kier molecular flexibility index (Phi) is 4.18. The second kappa shape index (κ2) is 6.85. The van der Waals surface area contributed by atoms with Crippen LogP contribution in [0.3, 0.4) is 0 Å². The number of hydrogen-bond acceptors (Lipinski definition) is 5. The molecule has 1 N–H and O–H groups in total. The van der Waals surface area contributed by atoms with E-state index in [9.17, 15) is 9.18 Å². The van der Waals surface area contributed by atoms with Crippen LogP contribution in [0.4, 0.5) is 10.2 Å². The number of rotatable bonds is 3. The van der Waals surface area contributed by atoms with Gasteiger partial charge in [-0.15, -0.1) is 0 Å². The Hall–Kier alpha value is -3.03. The first kappa shape index (κ1) is 17.1. The first-order valence-corrected chi connectivity index (χ1v) is 9.65. The zero-order chi connectivity index (χ0) is 19.1. The van der Waals surface area contributed by atoms with Crippen LogP contribution in [0.5, 0.6) is 0 Å². The molecule has 2 unspecified atom stereocenters. The molecule has 28 heavy (non-hydrogen) atoms. The van der Waals surface area contributed by atoms with E-state index in [-0.39, 0.29) is 23.8 Å². The molecule has 2 aromatic heterocycles. The van der Waals surface area contributed by atoms with Gasteiger partial charge < -0.3 is 14.8 Å². The van der Waals surface area contributed by atoms with E-state index in [1.165, 1.54) is 12.1 Å². The zero-order valence-electron chi connectivity index (χ0n) is 15.4. The number of aromatic nitrogens is 4. The van der Waals surface area contributed by atoms with Crippen LogP contribution < -0.4 is 4.90 Å². The van der Waals surface area contributed by atoms with E-state index in [4.69, 9.17) is 0 Å². The molecular weight excluding hydrogens is 359 g/mol. The number of amides is 1. The molecule has 2 atom stereocenters. The largest absolute Gasteiger partial charge is 0.350 e. The third-order valence-electron chi connectivity index (χ3n) is 5.86. The average molecular weight is 380 g/mol. The Morgan fingerprint density at radius 1 is 1.11 bits per heavy atom. The van der Waals surface area contributed by atoms with Gasteiger partial charge in [-0.3, -0.25) is 4.79 Å². The second-order valence-electron chi connectivity index (χ2n) is 7.46. The first-order chi connectivity index (χ1) is 13.7. The van der Waals surface area contributed by atoms with Crippen LogP contribution in [-0.2, 0) is 11.3 Å². The summed E-state index contributed by atoms with van der Waals surface area (Å²) >= 11 is 0. The standard InChI is InChI=1S/C20H21FN6O/c21-14-6-4-13(5-7-14)10-27-16-8-9-26(15(16)2-1-3-17(27)28)20-18-19(23-11-22-18)24-12-25-20/h4-7,11-12,15-16H,1-3,8-10H2,(H,22,23,24,25). The van der Waals surface area contributed by atoms with Crippen molar-refractivity contribution in [2.24, 2.45) is 0 Å². The molecule has 0 saturated carbocycles. The van der Waals surface area contributed by atoms with Crippen molar-refractivity contribution in [3.63, 3.8) is 0 Å². The van der Waals surface area contributed by atoms with Gasteiger partial charge in [0.2, 0.25) is 5.91 Å². The Bertz CT molecular complexity index is 1000. The Morgan fingerprint density at radius 3 is 2.82 bits per heavy atom. The van der Waals surface area contributed by atoms with Gasteiger partial charge in [0, 0.05) is 19.5 Å². The molecule has 8 heteroatoms. The van der Waals surface area contributed by atoms with Gasteiger partial charge in [0.05, 0.1) is 18.4 Å². The molecule has 1 aromatic carbocycles. The number of anilines is 1. The summed E-state index contributed by atoms with van der Waals surface area (Å²) in [5.74, 6) is 0.766. The lowest BCUT2D eigenvalue weighted by molar-refractivity contribution is -0.133. The predicted molar refractivity (Wildman–Crippen MR) is 102 cm³/mol.